The molecule has 0 unspecified atom stereocenters. The highest BCUT2D eigenvalue weighted by Crippen LogP contribution is 2.19. The molecule has 0 aliphatic rings. The average Bonchev–Trinajstić information content (AvgIpc) is 2.46. The second kappa shape index (κ2) is 7.82. The summed E-state index contributed by atoms with van der Waals surface area (Å²) in [7, 11) is 0. The van der Waals surface area contributed by atoms with Crippen molar-refractivity contribution in [1.82, 2.24) is 4.90 Å². The minimum atomic E-state index is -4.86. The van der Waals surface area contributed by atoms with Crippen LogP contribution in [0, 0.1) is 0 Å². The minimum absolute atomic E-state index is 0.00405. The van der Waals surface area contributed by atoms with Crippen molar-refractivity contribution in [3.8, 4) is 0 Å². The number of hydrogen-bond acceptors (Lipinski definition) is 2. The Morgan fingerprint density at radius 2 is 1.82 bits per heavy atom. The summed E-state index contributed by atoms with van der Waals surface area (Å²) in [5.74, 6) is -2.86. The van der Waals surface area contributed by atoms with E-state index in [1.807, 2.05) is 0 Å². The van der Waals surface area contributed by atoms with Crippen molar-refractivity contribution in [2.75, 3.05) is 13.1 Å². The Morgan fingerprint density at radius 1 is 1.18 bits per heavy atom. The zero-order chi connectivity index (χ0) is 16.8. The molecule has 122 valence electrons. The van der Waals surface area contributed by atoms with Crippen LogP contribution in [0.4, 0.5) is 13.2 Å². The number of carbonyl (C=O) groups is 2. The van der Waals surface area contributed by atoms with E-state index >= 15 is 0 Å². The number of nitrogens with zero attached hydrogens (tertiary/aromatic N) is 1. The number of carboxylic acid groups (broad SMARTS) is 1. The normalized spacial score (nSPS) is 11.3. The molecule has 0 saturated carbocycles. The van der Waals surface area contributed by atoms with Gasteiger partial charge in [0.2, 0.25) is 0 Å². The molecule has 0 fully saturated rings. The molecular formula is C15H18F3NO3. The number of hydrogen-bond donors (Lipinski definition) is 1. The molecular weight excluding hydrogens is 299 g/mol. The SMILES string of the molecule is CCN(CCCCc1ccccc1C(=O)O)C(=O)C(F)(F)F. The molecule has 7 heteroatoms. The van der Waals surface area contributed by atoms with Crippen molar-refractivity contribution in [2.45, 2.75) is 32.4 Å². The van der Waals surface area contributed by atoms with Crippen LogP contribution in [0.15, 0.2) is 24.3 Å². The summed E-state index contributed by atoms with van der Waals surface area (Å²) in [5.41, 5.74) is 0.835. The van der Waals surface area contributed by atoms with Gasteiger partial charge in [0.25, 0.3) is 0 Å². The fraction of sp³-hybridized carbons (Fsp3) is 0.467. The molecule has 0 bridgehead atoms. The summed E-state index contributed by atoms with van der Waals surface area (Å²) in [6, 6.07) is 6.51. The van der Waals surface area contributed by atoms with Gasteiger partial charge in [0.05, 0.1) is 5.56 Å². The third-order valence-corrected chi connectivity index (χ3v) is 3.28. The number of amides is 1. The Labute approximate surface area is 126 Å². The molecule has 22 heavy (non-hydrogen) atoms. The van der Waals surface area contributed by atoms with Gasteiger partial charge in [-0.25, -0.2) is 4.79 Å². The Morgan fingerprint density at radius 3 is 2.36 bits per heavy atom. The number of aryl methyl sites for hydroxylation is 1. The molecule has 0 aromatic heterocycles. The van der Waals surface area contributed by atoms with Gasteiger partial charge >= 0.3 is 18.1 Å². The lowest BCUT2D eigenvalue weighted by molar-refractivity contribution is -0.185. The number of halogens is 3. The van der Waals surface area contributed by atoms with Crippen molar-refractivity contribution < 1.29 is 27.9 Å². The van der Waals surface area contributed by atoms with Gasteiger partial charge in [-0.1, -0.05) is 18.2 Å². The molecule has 0 aliphatic heterocycles. The molecule has 0 heterocycles. The summed E-state index contributed by atoms with van der Waals surface area (Å²) in [4.78, 5) is 22.9. The molecule has 1 amide bonds. The van der Waals surface area contributed by atoms with Crippen molar-refractivity contribution in [1.29, 1.82) is 0 Å². The van der Waals surface area contributed by atoms with Crippen molar-refractivity contribution in [2.24, 2.45) is 0 Å². The highest BCUT2D eigenvalue weighted by molar-refractivity contribution is 5.89. The van der Waals surface area contributed by atoms with E-state index in [-0.39, 0.29) is 18.7 Å². The zero-order valence-corrected chi connectivity index (χ0v) is 12.2. The van der Waals surface area contributed by atoms with E-state index in [1.165, 1.54) is 13.0 Å². The quantitative estimate of drug-likeness (QED) is 0.786. The van der Waals surface area contributed by atoms with Crippen LogP contribution in [-0.4, -0.2) is 41.1 Å². The second-order valence-corrected chi connectivity index (χ2v) is 4.80. The molecule has 4 nitrogen and oxygen atoms in total. The first-order valence-corrected chi connectivity index (χ1v) is 6.94. The number of aromatic carboxylic acids is 1. The Balaban J connectivity index is 2.51. The Bertz CT molecular complexity index is 529. The number of carbonyl (C=O) groups excluding carboxylic acids is 1. The van der Waals surface area contributed by atoms with Crippen LogP contribution in [0.2, 0.25) is 0 Å². The van der Waals surface area contributed by atoms with Crippen molar-refractivity contribution in [3.05, 3.63) is 35.4 Å². The topological polar surface area (TPSA) is 57.6 Å². The Hall–Kier alpha value is -2.05. The van der Waals surface area contributed by atoms with E-state index in [0.717, 1.165) is 4.90 Å². The smallest absolute Gasteiger partial charge is 0.471 e. The van der Waals surface area contributed by atoms with E-state index in [9.17, 15) is 22.8 Å². The molecule has 1 aromatic rings. The monoisotopic (exact) mass is 317 g/mol. The first-order chi connectivity index (χ1) is 10.3. The number of rotatable bonds is 7. The first-order valence-electron chi connectivity index (χ1n) is 6.94. The number of carboxylic acids is 1. The summed E-state index contributed by atoms with van der Waals surface area (Å²) in [6.45, 7) is 1.48. The fourth-order valence-corrected chi connectivity index (χ4v) is 2.15. The van der Waals surface area contributed by atoms with Gasteiger partial charge in [0.15, 0.2) is 0 Å². The average molecular weight is 317 g/mol. The van der Waals surface area contributed by atoms with Crippen LogP contribution >= 0.6 is 0 Å². The number of unbranched alkanes of at least 4 members (excludes halogenated alkanes) is 1. The molecule has 1 aromatic carbocycles. The summed E-state index contributed by atoms with van der Waals surface area (Å²) in [6.07, 6.45) is -3.53. The van der Waals surface area contributed by atoms with Gasteiger partial charge in [-0.15, -0.1) is 0 Å². The van der Waals surface area contributed by atoms with E-state index in [2.05, 4.69) is 0 Å². The lowest BCUT2D eigenvalue weighted by atomic mass is 10.0. The van der Waals surface area contributed by atoms with E-state index in [1.54, 1.807) is 18.2 Å². The standard InChI is InChI=1S/C15H18F3NO3/c1-2-19(14(22)15(16,17)18)10-6-5-8-11-7-3-4-9-12(11)13(20)21/h3-4,7,9H,2,5-6,8,10H2,1H3,(H,20,21). The third kappa shape index (κ3) is 5.05. The molecule has 0 saturated heterocycles. The fourth-order valence-electron chi connectivity index (χ4n) is 2.15. The molecule has 1 N–H and O–H groups in total. The number of benzene rings is 1. The Kier molecular flexibility index (Phi) is 6.39. The summed E-state index contributed by atoms with van der Waals surface area (Å²) >= 11 is 0. The van der Waals surface area contributed by atoms with Crippen molar-refractivity contribution >= 4 is 11.9 Å². The van der Waals surface area contributed by atoms with Crippen LogP contribution in [0.25, 0.3) is 0 Å². The summed E-state index contributed by atoms with van der Waals surface area (Å²) in [5, 5.41) is 9.03. The predicted molar refractivity (Wildman–Crippen MR) is 74.6 cm³/mol. The van der Waals surface area contributed by atoms with Crippen LogP contribution in [0.5, 0.6) is 0 Å². The highest BCUT2D eigenvalue weighted by Gasteiger charge is 2.41. The largest absolute Gasteiger partial charge is 0.478 e. The molecule has 0 radical (unpaired) electrons. The van der Waals surface area contributed by atoms with Crippen LogP contribution in [-0.2, 0) is 11.2 Å². The number of alkyl halides is 3. The van der Waals surface area contributed by atoms with Gasteiger partial charge in [0, 0.05) is 13.1 Å². The van der Waals surface area contributed by atoms with E-state index in [4.69, 9.17) is 5.11 Å². The van der Waals surface area contributed by atoms with Crippen molar-refractivity contribution in [3.63, 3.8) is 0 Å². The van der Waals surface area contributed by atoms with Crippen LogP contribution in [0.1, 0.15) is 35.7 Å². The van der Waals surface area contributed by atoms with Crippen LogP contribution < -0.4 is 0 Å². The van der Waals surface area contributed by atoms with E-state index < -0.39 is 18.1 Å². The minimum Gasteiger partial charge on any atom is -0.478 e. The lowest BCUT2D eigenvalue weighted by Gasteiger charge is -2.21. The maximum atomic E-state index is 12.3. The zero-order valence-electron chi connectivity index (χ0n) is 12.2. The maximum Gasteiger partial charge on any atom is 0.471 e. The molecule has 1 rings (SSSR count). The van der Waals surface area contributed by atoms with Gasteiger partial charge in [-0.3, -0.25) is 4.79 Å². The maximum absolute atomic E-state index is 12.3. The summed E-state index contributed by atoms with van der Waals surface area (Å²) < 4.78 is 37.0. The molecule has 0 atom stereocenters. The second-order valence-electron chi connectivity index (χ2n) is 4.80. The lowest BCUT2D eigenvalue weighted by Crippen LogP contribution is -2.41. The van der Waals surface area contributed by atoms with Gasteiger partial charge in [0.1, 0.15) is 0 Å². The van der Waals surface area contributed by atoms with Gasteiger partial charge in [-0.05, 0) is 37.8 Å². The molecule has 0 spiro atoms. The van der Waals surface area contributed by atoms with E-state index in [0.29, 0.717) is 24.8 Å². The van der Waals surface area contributed by atoms with Gasteiger partial charge in [-0.2, -0.15) is 13.2 Å². The predicted octanol–water partition coefficient (Wildman–Crippen LogP) is 3.12. The van der Waals surface area contributed by atoms with Gasteiger partial charge < -0.3 is 10.0 Å². The first kappa shape index (κ1) is 18.0. The molecule has 0 aliphatic carbocycles. The highest BCUT2D eigenvalue weighted by atomic mass is 19.4. The third-order valence-electron chi connectivity index (χ3n) is 3.28. The van der Waals surface area contributed by atoms with Crippen LogP contribution in [0.3, 0.4) is 0 Å².